The Morgan fingerprint density at radius 2 is 2.06 bits per heavy atom. The third-order valence-corrected chi connectivity index (χ3v) is 2.14. The molecule has 1 aromatic rings. The molecule has 0 aliphatic rings. The predicted molar refractivity (Wildman–Crippen MR) is 55.3 cm³/mol. The summed E-state index contributed by atoms with van der Waals surface area (Å²) in [4.78, 5) is 22.5. The molecule has 1 unspecified atom stereocenters. The number of Topliss-reactive ketones (excluding diaryl/α,β-unsaturated/α-hetero) is 1. The lowest BCUT2D eigenvalue weighted by atomic mass is 10.0. The highest BCUT2D eigenvalue weighted by molar-refractivity contribution is 6.01. The Morgan fingerprint density at radius 1 is 1.41 bits per heavy atom. The molecule has 0 heterocycles. The fraction of sp³-hybridized carbons (Fsp3) is 0.273. The molecule has 0 radical (unpaired) electrons. The Balaban J connectivity index is 2.88. The Hall–Kier alpha value is -1.82. The summed E-state index contributed by atoms with van der Waals surface area (Å²) in [6.45, 7) is 0. The average molecular weight is 243 g/mol. The summed E-state index contributed by atoms with van der Waals surface area (Å²) in [7, 11) is 1.14. The van der Waals surface area contributed by atoms with Gasteiger partial charge in [-0.1, -0.05) is 0 Å². The van der Waals surface area contributed by atoms with Crippen LogP contribution in [0, 0.1) is 11.6 Å². The largest absolute Gasteiger partial charge is 0.469 e. The number of esters is 1. The first kappa shape index (κ1) is 13.2. The zero-order chi connectivity index (χ0) is 13.0. The second kappa shape index (κ2) is 5.49. The summed E-state index contributed by atoms with van der Waals surface area (Å²) in [6.07, 6.45) is -0.384. The number of carbonyl (C=O) groups excluding carboxylic acids is 2. The predicted octanol–water partition coefficient (Wildman–Crippen LogP) is 1.04. The van der Waals surface area contributed by atoms with Gasteiger partial charge >= 0.3 is 5.97 Å². The maximum absolute atomic E-state index is 13.2. The highest BCUT2D eigenvalue weighted by Crippen LogP contribution is 2.12. The summed E-state index contributed by atoms with van der Waals surface area (Å²) in [5, 5.41) is 0. The van der Waals surface area contributed by atoms with Gasteiger partial charge in [-0.25, -0.2) is 8.78 Å². The molecular formula is C11H11F2NO3. The third-order valence-electron chi connectivity index (χ3n) is 2.14. The number of ketones is 1. The van der Waals surface area contributed by atoms with E-state index in [0.29, 0.717) is 0 Å². The van der Waals surface area contributed by atoms with E-state index < -0.39 is 35.0 Å². The first-order valence-corrected chi connectivity index (χ1v) is 4.77. The molecule has 4 nitrogen and oxygen atoms in total. The van der Waals surface area contributed by atoms with E-state index in [1.807, 2.05) is 0 Å². The molecule has 17 heavy (non-hydrogen) atoms. The van der Waals surface area contributed by atoms with E-state index in [-0.39, 0.29) is 6.42 Å². The molecule has 0 spiro atoms. The van der Waals surface area contributed by atoms with Crippen molar-refractivity contribution in [2.45, 2.75) is 12.5 Å². The Kier molecular flexibility index (Phi) is 4.28. The van der Waals surface area contributed by atoms with Crippen LogP contribution in [0.15, 0.2) is 18.2 Å². The van der Waals surface area contributed by atoms with Crippen molar-refractivity contribution in [3.05, 3.63) is 35.4 Å². The quantitative estimate of drug-likeness (QED) is 0.633. The number of halogens is 2. The summed E-state index contributed by atoms with van der Waals surface area (Å²) in [5.74, 6) is -3.16. The maximum atomic E-state index is 13.2. The molecule has 0 aliphatic carbocycles. The molecule has 92 valence electrons. The smallest absolute Gasteiger partial charge is 0.307 e. The molecule has 0 aliphatic heterocycles. The first-order valence-electron chi connectivity index (χ1n) is 4.77. The fourth-order valence-electron chi connectivity index (χ4n) is 1.24. The van der Waals surface area contributed by atoms with E-state index in [9.17, 15) is 18.4 Å². The molecule has 0 bridgehead atoms. The van der Waals surface area contributed by atoms with Crippen LogP contribution in [0.2, 0.25) is 0 Å². The lowest BCUT2D eigenvalue weighted by Gasteiger charge is -2.09. The second-order valence-corrected chi connectivity index (χ2v) is 3.38. The Bertz CT molecular complexity index is 448. The highest BCUT2D eigenvalue weighted by atomic mass is 19.1. The van der Waals surface area contributed by atoms with Crippen molar-refractivity contribution in [1.29, 1.82) is 0 Å². The van der Waals surface area contributed by atoms with Crippen molar-refractivity contribution >= 4 is 11.8 Å². The lowest BCUT2D eigenvalue weighted by Crippen LogP contribution is -2.34. The molecule has 2 N–H and O–H groups in total. The van der Waals surface area contributed by atoms with Crippen molar-refractivity contribution in [1.82, 2.24) is 0 Å². The molecular weight excluding hydrogens is 232 g/mol. The van der Waals surface area contributed by atoms with Crippen LogP contribution < -0.4 is 5.73 Å². The lowest BCUT2D eigenvalue weighted by molar-refractivity contribution is -0.140. The number of benzene rings is 1. The van der Waals surface area contributed by atoms with E-state index in [1.54, 1.807) is 0 Å². The molecule has 1 rings (SSSR count). The number of nitrogens with two attached hydrogens (primary N) is 1. The summed E-state index contributed by atoms with van der Waals surface area (Å²) >= 11 is 0. The monoisotopic (exact) mass is 243 g/mol. The number of rotatable bonds is 4. The molecule has 1 atom stereocenters. The standard InChI is InChI=1S/C11H11F2NO3/c1-17-10(15)5-9(14)11(16)7-4-6(12)2-3-8(7)13/h2-4,9H,5,14H2,1H3. The maximum Gasteiger partial charge on any atom is 0.307 e. The van der Waals surface area contributed by atoms with Gasteiger partial charge < -0.3 is 10.5 Å². The van der Waals surface area contributed by atoms with E-state index in [0.717, 1.165) is 25.3 Å². The van der Waals surface area contributed by atoms with Gasteiger partial charge in [0.1, 0.15) is 11.6 Å². The van der Waals surface area contributed by atoms with Gasteiger partial charge in [0.15, 0.2) is 5.78 Å². The highest BCUT2D eigenvalue weighted by Gasteiger charge is 2.22. The number of hydrogen-bond acceptors (Lipinski definition) is 4. The summed E-state index contributed by atoms with van der Waals surface area (Å²) in [5.41, 5.74) is 4.93. The minimum Gasteiger partial charge on any atom is -0.469 e. The van der Waals surface area contributed by atoms with Gasteiger partial charge in [-0.2, -0.15) is 0 Å². The van der Waals surface area contributed by atoms with Gasteiger partial charge in [-0.3, -0.25) is 9.59 Å². The van der Waals surface area contributed by atoms with Gasteiger partial charge in [0.05, 0.1) is 25.1 Å². The van der Waals surface area contributed by atoms with Gasteiger partial charge in [0.25, 0.3) is 0 Å². The van der Waals surface area contributed by atoms with E-state index in [4.69, 9.17) is 5.73 Å². The zero-order valence-electron chi connectivity index (χ0n) is 9.07. The number of ether oxygens (including phenoxy) is 1. The van der Waals surface area contributed by atoms with Gasteiger partial charge in [0.2, 0.25) is 0 Å². The van der Waals surface area contributed by atoms with E-state index in [1.165, 1.54) is 0 Å². The molecule has 0 fully saturated rings. The second-order valence-electron chi connectivity index (χ2n) is 3.38. The first-order chi connectivity index (χ1) is 7.95. The Morgan fingerprint density at radius 3 is 2.65 bits per heavy atom. The van der Waals surface area contributed by atoms with Crippen LogP contribution in [0.5, 0.6) is 0 Å². The Labute approximate surface area is 96.4 Å². The molecule has 0 saturated carbocycles. The fourth-order valence-corrected chi connectivity index (χ4v) is 1.24. The molecule has 6 heteroatoms. The average Bonchev–Trinajstić information content (AvgIpc) is 2.31. The SMILES string of the molecule is COC(=O)CC(N)C(=O)c1cc(F)ccc1F. The van der Waals surface area contributed by atoms with Gasteiger partial charge in [-0.05, 0) is 18.2 Å². The number of carbonyl (C=O) groups is 2. The zero-order valence-corrected chi connectivity index (χ0v) is 9.07. The van der Waals surface area contributed by atoms with Gasteiger partial charge in [0, 0.05) is 0 Å². The van der Waals surface area contributed by atoms with Crippen LogP contribution in [0.4, 0.5) is 8.78 Å². The molecule has 0 saturated heterocycles. The third kappa shape index (κ3) is 3.32. The van der Waals surface area contributed by atoms with Crippen LogP contribution in [0.1, 0.15) is 16.8 Å². The molecule has 0 aromatic heterocycles. The van der Waals surface area contributed by atoms with Crippen molar-refractivity contribution in [2.24, 2.45) is 5.73 Å². The minimum absolute atomic E-state index is 0.384. The van der Waals surface area contributed by atoms with Crippen LogP contribution in [0.25, 0.3) is 0 Å². The van der Waals surface area contributed by atoms with Crippen LogP contribution in [-0.2, 0) is 9.53 Å². The van der Waals surface area contributed by atoms with Crippen molar-refractivity contribution in [2.75, 3.05) is 7.11 Å². The normalized spacial score (nSPS) is 12.0. The van der Waals surface area contributed by atoms with Gasteiger partial charge in [-0.15, -0.1) is 0 Å². The van der Waals surface area contributed by atoms with Crippen molar-refractivity contribution in [3.63, 3.8) is 0 Å². The molecule has 1 aromatic carbocycles. The van der Waals surface area contributed by atoms with Crippen molar-refractivity contribution in [3.8, 4) is 0 Å². The minimum atomic E-state index is -1.25. The van der Waals surface area contributed by atoms with Crippen molar-refractivity contribution < 1.29 is 23.1 Å². The van der Waals surface area contributed by atoms with E-state index in [2.05, 4.69) is 4.74 Å². The van der Waals surface area contributed by atoms with Crippen LogP contribution >= 0.6 is 0 Å². The van der Waals surface area contributed by atoms with Crippen LogP contribution in [0.3, 0.4) is 0 Å². The number of hydrogen-bond donors (Lipinski definition) is 1. The van der Waals surface area contributed by atoms with E-state index >= 15 is 0 Å². The summed E-state index contributed by atoms with van der Waals surface area (Å²) in [6, 6.07) is 1.21. The summed E-state index contributed by atoms with van der Waals surface area (Å²) < 4.78 is 30.4. The number of methoxy groups -OCH3 is 1. The van der Waals surface area contributed by atoms with Crippen LogP contribution in [-0.4, -0.2) is 24.9 Å². The molecule has 0 amide bonds. The topological polar surface area (TPSA) is 69.4 Å².